The van der Waals surface area contributed by atoms with E-state index in [1.165, 1.54) is 6.33 Å². The zero-order chi connectivity index (χ0) is 15.7. The molecule has 0 radical (unpaired) electrons. The molecule has 1 amide bonds. The van der Waals surface area contributed by atoms with Gasteiger partial charge in [0.2, 0.25) is 0 Å². The van der Waals surface area contributed by atoms with Gasteiger partial charge in [-0.25, -0.2) is 4.98 Å². The molecule has 6 nitrogen and oxygen atoms in total. The molecule has 1 aliphatic heterocycles. The molecular formula is C15H17ClN4O2. The Hall–Kier alpha value is -1.92. The number of hydrogen-bond donors (Lipinski definition) is 2. The molecule has 0 bridgehead atoms. The Labute approximate surface area is 133 Å². The number of nitrogens with zero attached hydrogens (tertiary/aromatic N) is 2. The SMILES string of the molecule is Cc1cc(C(=O)N[C@H]2CCO[C@H]2c2ncn[nH]2)c(C)cc1Cl. The van der Waals surface area contributed by atoms with Crippen molar-refractivity contribution in [3.63, 3.8) is 0 Å². The second-order valence-electron chi connectivity index (χ2n) is 5.45. The van der Waals surface area contributed by atoms with Crippen molar-refractivity contribution in [1.82, 2.24) is 20.5 Å². The first kappa shape index (κ1) is 15.0. The third-order valence-electron chi connectivity index (χ3n) is 3.86. The number of carbonyl (C=O) groups is 1. The number of benzene rings is 1. The number of nitrogens with one attached hydrogen (secondary N) is 2. The minimum Gasteiger partial charge on any atom is -0.368 e. The Kier molecular flexibility index (Phi) is 4.13. The van der Waals surface area contributed by atoms with Crippen LogP contribution in [0, 0.1) is 13.8 Å². The van der Waals surface area contributed by atoms with Crippen LogP contribution in [0.25, 0.3) is 0 Å². The van der Waals surface area contributed by atoms with Crippen LogP contribution in [-0.4, -0.2) is 33.7 Å². The van der Waals surface area contributed by atoms with Crippen LogP contribution in [0.2, 0.25) is 5.02 Å². The van der Waals surface area contributed by atoms with E-state index < -0.39 is 0 Å². The van der Waals surface area contributed by atoms with Gasteiger partial charge in [-0.15, -0.1) is 0 Å². The first-order chi connectivity index (χ1) is 10.6. The van der Waals surface area contributed by atoms with Gasteiger partial charge in [0.25, 0.3) is 5.91 Å². The molecular weight excluding hydrogens is 304 g/mol. The fourth-order valence-electron chi connectivity index (χ4n) is 2.63. The molecule has 0 aliphatic carbocycles. The van der Waals surface area contributed by atoms with E-state index in [0.717, 1.165) is 17.5 Å². The highest BCUT2D eigenvalue weighted by atomic mass is 35.5. The zero-order valence-electron chi connectivity index (χ0n) is 12.4. The van der Waals surface area contributed by atoms with Gasteiger partial charge < -0.3 is 10.1 Å². The lowest BCUT2D eigenvalue weighted by Crippen LogP contribution is -2.37. The van der Waals surface area contributed by atoms with Crippen molar-refractivity contribution in [3.8, 4) is 0 Å². The average molecular weight is 321 g/mol. The van der Waals surface area contributed by atoms with E-state index in [4.69, 9.17) is 16.3 Å². The first-order valence-corrected chi connectivity index (χ1v) is 7.48. The quantitative estimate of drug-likeness (QED) is 0.909. The second kappa shape index (κ2) is 6.06. The third-order valence-corrected chi connectivity index (χ3v) is 4.27. The standard InChI is InChI=1S/C15H17ClN4O2/c1-8-6-11(16)9(2)5-10(8)15(21)19-12-3-4-22-13(12)14-17-7-18-20-14/h5-7,12-13H,3-4H2,1-2H3,(H,19,21)(H,17,18,20)/t12-,13+/m0/s1. The predicted octanol–water partition coefficient (Wildman–Crippen LogP) is 2.33. The summed E-state index contributed by atoms with van der Waals surface area (Å²) >= 11 is 6.08. The van der Waals surface area contributed by atoms with Gasteiger partial charge >= 0.3 is 0 Å². The van der Waals surface area contributed by atoms with E-state index in [1.807, 2.05) is 26.0 Å². The van der Waals surface area contributed by atoms with Crippen molar-refractivity contribution < 1.29 is 9.53 Å². The van der Waals surface area contributed by atoms with Crippen molar-refractivity contribution in [3.05, 3.63) is 46.0 Å². The van der Waals surface area contributed by atoms with Crippen LogP contribution in [0.15, 0.2) is 18.5 Å². The molecule has 2 aromatic rings. The van der Waals surface area contributed by atoms with Crippen LogP contribution in [0.3, 0.4) is 0 Å². The maximum absolute atomic E-state index is 12.5. The molecule has 1 aliphatic rings. The van der Waals surface area contributed by atoms with Crippen molar-refractivity contribution in [2.24, 2.45) is 0 Å². The highest BCUT2D eigenvalue weighted by Gasteiger charge is 2.33. The number of ether oxygens (including phenoxy) is 1. The van der Waals surface area contributed by atoms with Gasteiger partial charge in [0, 0.05) is 17.2 Å². The number of aryl methyl sites for hydroxylation is 2. The van der Waals surface area contributed by atoms with E-state index in [2.05, 4.69) is 20.5 Å². The molecule has 1 aromatic carbocycles. The summed E-state index contributed by atoms with van der Waals surface area (Å²) in [6.45, 7) is 4.34. The maximum atomic E-state index is 12.5. The number of halogens is 1. The number of carbonyl (C=O) groups excluding carboxylic acids is 1. The molecule has 0 saturated carbocycles. The molecule has 0 unspecified atom stereocenters. The van der Waals surface area contributed by atoms with Gasteiger partial charge in [0.1, 0.15) is 12.4 Å². The van der Waals surface area contributed by atoms with Gasteiger partial charge in [0.15, 0.2) is 5.82 Å². The Bertz CT molecular complexity index is 687. The van der Waals surface area contributed by atoms with Crippen LogP contribution >= 0.6 is 11.6 Å². The second-order valence-corrected chi connectivity index (χ2v) is 5.85. The van der Waals surface area contributed by atoms with E-state index >= 15 is 0 Å². The van der Waals surface area contributed by atoms with E-state index in [9.17, 15) is 4.79 Å². The number of aromatic nitrogens is 3. The van der Waals surface area contributed by atoms with E-state index in [0.29, 0.717) is 23.0 Å². The summed E-state index contributed by atoms with van der Waals surface area (Å²) in [6, 6.07) is 3.49. The van der Waals surface area contributed by atoms with Crippen molar-refractivity contribution >= 4 is 17.5 Å². The highest BCUT2D eigenvalue weighted by molar-refractivity contribution is 6.31. The molecule has 2 heterocycles. The minimum atomic E-state index is -0.292. The molecule has 0 spiro atoms. The summed E-state index contributed by atoms with van der Waals surface area (Å²) in [4.78, 5) is 16.7. The number of hydrogen-bond acceptors (Lipinski definition) is 4. The van der Waals surface area contributed by atoms with Gasteiger partial charge in [-0.1, -0.05) is 11.6 Å². The molecule has 3 rings (SSSR count). The van der Waals surface area contributed by atoms with Gasteiger partial charge in [-0.05, 0) is 43.5 Å². The monoisotopic (exact) mass is 320 g/mol. The first-order valence-electron chi connectivity index (χ1n) is 7.10. The van der Waals surface area contributed by atoms with Gasteiger partial charge in [0.05, 0.1) is 6.04 Å². The fraction of sp³-hybridized carbons (Fsp3) is 0.400. The molecule has 116 valence electrons. The summed E-state index contributed by atoms with van der Waals surface area (Å²) in [5, 5.41) is 10.3. The van der Waals surface area contributed by atoms with Crippen LogP contribution in [0.5, 0.6) is 0 Å². The fourth-order valence-corrected chi connectivity index (χ4v) is 2.85. The lowest BCUT2D eigenvalue weighted by molar-refractivity contribution is 0.0791. The molecule has 7 heteroatoms. The molecule has 2 atom stereocenters. The summed E-state index contributed by atoms with van der Waals surface area (Å²) in [5.41, 5.74) is 2.36. The Balaban J connectivity index is 1.78. The van der Waals surface area contributed by atoms with Crippen LogP contribution in [0.4, 0.5) is 0 Å². The van der Waals surface area contributed by atoms with Crippen molar-refractivity contribution in [1.29, 1.82) is 0 Å². The van der Waals surface area contributed by atoms with Crippen LogP contribution < -0.4 is 5.32 Å². The van der Waals surface area contributed by atoms with Crippen LogP contribution in [0.1, 0.15) is 39.8 Å². The lowest BCUT2D eigenvalue weighted by Gasteiger charge is -2.18. The summed E-state index contributed by atoms with van der Waals surface area (Å²) in [7, 11) is 0. The minimum absolute atomic E-state index is 0.128. The summed E-state index contributed by atoms with van der Waals surface area (Å²) in [5.74, 6) is 0.504. The Morgan fingerprint density at radius 1 is 1.41 bits per heavy atom. The smallest absolute Gasteiger partial charge is 0.251 e. The number of aromatic amines is 1. The predicted molar refractivity (Wildman–Crippen MR) is 81.9 cm³/mol. The van der Waals surface area contributed by atoms with Gasteiger partial charge in [-0.3, -0.25) is 9.89 Å². The van der Waals surface area contributed by atoms with Crippen molar-refractivity contribution in [2.45, 2.75) is 32.4 Å². The average Bonchev–Trinajstić information content (AvgIpc) is 3.13. The lowest BCUT2D eigenvalue weighted by atomic mass is 10.0. The molecule has 2 N–H and O–H groups in total. The van der Waals surface area contributed by atoms with E-state index in [-0.39, 0.29) is 18.1 Å². The molecule has 1 saturated heterocycles. The zero-order valence-corrected chi connectivity index (χ0v) is 13.1. The number of amides is 1. The number of H-pyrrole nitrogens is 1. The largest absolute Gasteiger partial charge is 0.368 e. The van der Waals surface area contributed by atoms with E-state index in [1.54, 1.807) is 0 Å². The van der Waals surface area contributed by atoms with Gasteiger partial charge in [-0.2, -0.15) is 5.10 Å². The molecule has 22 heavy (non-hydrogen) atoms. The summed E-state index contributed by atoms with van der Waals surface area (Å²) < 4.78 is 5.65. The van der Waals surface area contributed by atoms with Crippen molar-refractivity contribution in [2.75, 3.05) is 6.61 Å². The summed E-state index contributed by atoms with van der Waals surface area (Å²) in [6.07, 6.45) is 1.88. The Morgan fingerprint density at radius 2 is 2.23 bits per heavy atom. The highest BCUT2D eigenvalue weighted by Crippen LogP contribution is 2.27. The maximum Gasteiger partial charge on any atom is 0.251 e. The number of rotatable bonds is 3. The third kappa shape index (κ3) is 2.84. The normalized spacial score (nSPS) is 21.0. The van der Waals surface area contributed by atoms with Crippen LogP contribution in [-0.2, 0) is 4.74 Å². The molecule has 1 fully saturated rings. The topological polar surface area (TPSA) is 79.9 Å². The molecule has 1 aromatic heterocycles. The Morgan fingerprint density at radius 3 is 2.95 bits per heavy atom.